The number of ether oxygens (including phenoxy) is 1. The molecule has 0 aliphatic carbocycles. The van der Waals surface area contributed by atoms with Crippen LogP contribution in [-0.2, 0) is 4.79 Å². The molecule has 0 spiro atoms. The number of hydrogen-bond acceptors (Lipinski definition) is 4. The van der Waals surface area contributed by atoms with Gasteiger partial charge in [0.15, 0.2) is 0 Å². The summed E-state index contributed by atoms with van der Waals surface area (Å²) in [6.07, 6.45) is 0.972. The second-order valence-electron chi connectivity index (χ2n) is 5.27. The number of nitrogens with one attached hydrogen (secondary N) is 2. The first-order chi connectivity index (χ1) is 10.2. The minimum atomic E-state index is -0.115. The summed E-state index contributed by atoms with van der Waals surface area (Å²) < 4.78 is 5.22. The smallest absolute Gasteiger partial charge is 0.238 e. The van der Waals surface area contributed by atoms with Crippen LogP contribution >= 0.6 is 0 Å². The summed E-state index contributed by atoms with van der Waals surface area (Å²) in [5, 5.41) is 6.08. The molecule has 0 bridgehead atoms. The number of piperazine rings is 1. The summed E-state index contributed by atoms with van der Waals surface area (Å²) in [6, 6.07) is 8.28. The van der Waals surface area contributed by atoms with Crippen molar-refractivity contribution in [3.63, 3.8) is 0 Å². The van der Waals surface area contributed by atoms with Gasteiger partial charge in [-0.25, -0.2) is 0 Å². The lowest BCUT2D eigenvalue weighted by atomic mass is 9.99. The van der Waals surface area contributed by atoms with E-state index in [4.69, 9.17) is 4.74 Å². The van der Waals surface area contributed by atoms with E-state index in [1.165, 1.54) is 5.56 Å². The molecule has 2 N–H and O–H groups in total. The third kappa shape index (κ3) is 3.54. The highest BCUT2D eigenvalue weighted by Gasteiger charge is 2.32. The summed E-state index contributed by atoms with van der Waals surface area (Å²) in [5.74, 6) is 0.936. The largest absolute Gasteiger partial charge is 0.497 e. The molecule has 1 aromatic rings. The van der Waals surface area contributed by atoms with E-state index in [1.54, 1.807) is 14.2 Å². The van der Waals surface area contributed by atoms with Gasteiger partial charge in [0.25, 0.3) is 0 Å². The zero-order chi connectivity index (χ0) is 15.2. The maximum absolute atomic E-state index is 12.1. The van der Waals surface area contributed by atoms with E-state index in [9.17, 15) is 4.79 Å². The zero-order valence-electron chi connectivity index (χ0n) is 13.1. The number of benzene rings is 1. The number of amides is 1. The Morgan fingerprint density at radius 2 is 2.19 bits per heavy atom. The van der Waals surface area contributed by atoms with E-state index >= 15 is 0 Å². The number of nitrogens with zero attached hydrogens (tertiary/aromatic N) is 1. The third-order valence-corrected chi connectivity index (χ3v) is 4.12. The van der Waals surface area contributed by atoms with Crippen molar-refractivity contribution in [1.29, 1.82) is 0 Å². The maximum Gasteiger partial charge on any atom is 0.238 e. The fourth-order valence-corrected chi connectivity index (χ4v) is 2.99. The summed E-state index contributed by atoms with van der Waals surface area (Å²) in [5.41, 5.74) is 1.23. The summed E-state index contributed by atoms with van der Waals surface area (Å²) in [4.78, 5) is 14.4. The van der Waals surface area contributed by atoms with Gasteiger partial charge >= 0.3 is 0 Å². The average molecular weight is 291 g/mol. The van der Waals surface area contributed by atoms with E-state index in [0.717, 1.165) is 25.3 Å². The highest BCUT2D eigenvalue weighted by atomic mass is 16.5. The molecule has 2 unspecified atom stereocenters. The Morgan fingerprint density at radius 1 is 1.48 bits per heavy atom. The number of rotatable bonds is 5. The molecule has 0 saturated carbocycles. The molecule has 1 aliphatic heterocycles. The maximum atomic E-state index is 12.1. The van der Waals surface area contributed by atoms with E-state index in [1.807, 2.05) is 12.1 Å². The van der Waals surface area contributed by atoms with Crippen molar-refractivity contribution in [1.82, 2.24) is 15.5 Å². The summed E-state index contributed by atoms with van der Waals surface area (Å²) in [7, 11) is 3.37. The lowest BCUT2D eigenvalue weighted by molar-refractivity contribution is -0.127. The van der Waals surface area contributed by atoms with E-state index in [2.05, 4.69) is 34.6 Å². The van der Waals surface area contributed by atoms with Gasteiger partial charge in [-0.3, -0.25) is 9.69 Å². The number of carbonyl (C=O) groups is 1. The van der Waals surface area contributed by atoms with Crippen molar-refractivity contribution in [3.05, 3.63) is 29.8 Å². The van der Waals surface area contributed by atoms with Crippen molar-refractivity contribution in [2.75, 3.05) is 33.8 Å². The predicted octanol–water partition coefficient (Wildman–Crippen LogP) is 1.17. The van der Waals surface area contributed by atoms with Crippen molar-refractivity contribution >= 4 is 5.91 Å². The van der Waals surface area contributed by atoms with Crippen LogP contribution in [-0.4, -0.2) is 50.6 Å². The van der Waals surface area contributed by atoms with Crippen molar-refractivity contribution in [3.8, 4) is 5.75 Å². The molecule has 1 aliphatic rings. The van der Waals surface area contributed by atoms with Crippen LogP contribution in [0.15, 0.2) is 24.3 Å². The first kappa shape index (κ1) is 15.8. The fourth-order valence-electron chi connectivity index (χ4n) is 2.99. The monoisotopic (exact) mass is 291 g/mol. The van der Waals surface area contributed by atoms with Crippen molar-refractivity contribution in [2.45, 2.75) is 25.4 Å². The zero-order valence-corrected chi connectivity index (χ0v) is 13.1. The van der Waals surface area contributed by atoms with E-state index < -0.39 is 0 Å². The van der Waals surface area contributed by atoms with Crippen molar-refractivity contribution in [2.24, 2.45) is 0 Å². The van der Waals surface area contributed by atoms with Gasteiger partial charge in [0.05, 0.1) is 7.11 Å². The first-order valence-corrected chi connectivity index (χ1v) is 7.53. The predicted molar refractivity (Wildman–Crippen MR) is 83.5 cm³/mol. The Balaban J connectivity index is 2.22. The normalized spacial score (nSPS) is 20.8. The minimum Gasteiger partial charge on any atom is -0.497 e. The summed E-state index contributed by atoms with van der Waals surface area (Å²) >= 11 is 0. The first-order valence-electron chi connectivity index (χ1n) is 7.53. The lowest BCUT2D eigenvalue weighted by Crippen LogP contribution is -2.58. The standard InChI is InChI=1S/C16H25N3O2/c1-4-14(12-5-7-13(21-3)8-6-12)19-10-9-18-11-15(19)16(20)17-2/h5-8,14-15,18H,4,9-11H2,1-3H3,(H,17,20). The van der Waals surface area contributed by atoms with Gasteiger partial charge in [-0.2, -0.15) is 0 Å². The van der Waals surface area contributed by atoms with Gasteiger partial charge in [-0.15, -0.1) is 0 Å². The molecule has 2 rings (SSSR count). The van der Waals surface area contributed by atoms with Gasteiger partial charge in [0.2, 0.25) is 5.91 Å². The molecule has 0 radical (unpaired) electrons. The van der Waals surface area contributed by atoms with Crippen LogP contribution in [0, 0.1) is 0 Å². The van der Waals surface area contributed by atoms with Gasteiger partial charge in [0.1, 0.15) is 11.8 Å². The Hall–Kier alpha value is -1.59. The van der Waals surface area contributed by atoms with Crippen LogP contribution in [0.3, 0.4) is 0 Å². The van der Waals surface area contributed by atoms with E-state index in [-0.39, 0.29) is 18.0 Å². The molecule has 0 aromatic heterocycles. The fraction of sp³-hybridized carbons (Fsp3) is 0.562. The lowest BCUT2D eigenvalue weighted by Gasteiger charge is -2.40. The highest BCUT2D eigenvalue weighted by Crippen LogP contribution is 2.28. The molecular formula is C16H25N3O2. The second kappa shape index (κ2) is 7.43. The quantitative estimate of drug-likeness (QED) is 0.855. The molecule has 2 atom stereocenters. The average Bonchev–Trinajstić information content (AvgIpc) is 2.56. The van der Waals surface area contributed by atoms with Gasteiger partial charge in [-0.05, 0) is 24.1 Å². The van der Waals surface area contributed by atoms with Crippen LogP contribution < -0.4 is 15.4 Å². The molecule has 1 aromatic carbocycles. The number of hydrogen-bond donors (Lipinski definition) is 2. The summed E-state index contributed by atoms with van der Waals surface area (Å²) in [6.45, 7) is 4.66. The Morgan fingerprint density at radius 3 is 2.76 bits per heavy atom. The molecular weight excluding hydrogens is 266 g/mol. The van der Waals surface area contributed by atoms with Crippen LogP contribution in [0.25, 0.3) is 0 Å². The van der Waals surface area contributed by atoms with Crippen LogP contribution in [0.1, 0.15) is 24.9 Å². The minimum absolute atomic E-state index is 0.0779. The van der Waals surface area contributed by atoms with Gasteiger partial charge < -0.3 is 15.4 Å². The number of methoxy groups -OCH3 is 1. The van der Waals surface area contributed by atoms with Gasteiger partial charge in [0, 0.05) is 32.7 Å². The molecule has 5 nitrogen and oxygen atoms in total. The Bertz CT molecular complexity index is 461. The molecule has 1 heterocycles. The van der Waals surface area contributed by atoms with Crippen LogP contribution in [0.4, 0.5) is 0 Å². The highest BCUT2D eigenvalue weighted by molar-refractivity contribution is 5.81. The molecule has 116 valence electrons. The molecule has 1 saturated heterocycles. The molecule has 21 heavy (non-hydrogen) atoms. The molecule has 1 fully saturated rings. The topological polar surface area (TPSA) is 53.6 Å². The van der Waals surface area contributed by atoms with Crippen LogP contribution in [0.5, 0.6) is 5.75 Å². The molecule has 5 heteroatoms. The number of likely N-dealkylation sites (N-methyl/N-ethyl adjacent to an activating group) is 1. The van der Waals surface area contributed by atoms with Gasteiger partial charge in [-0.1, -0.05) is 19.1 Å². The van der Waals surface area contributed by atoms with Crippen molar-refractivity contribution < 1.29 is 9.53 Å². The van der Waals surface area contributed by atoms with E-state index in [0.29, 0.717) is 6.54 Å². The Kier molecular flexibility index (Phi) is 5.59. The Labute approximate surface area is 126 Å². The third-order valence-electron chi connectivity index (χ3n) is 4.12. The van der Waals surface area contributed by atoms with Crippen LogP contribution in [0.2, 0.25) is 0 Å². The SMILES string of the molecule is CCC(c1ccc(OC)cc1)N1CCNCC1C(=O)NC. The molecule has 1 amide bonds. The number of carbonyl (C=O) groups excluding carboxylic acids is 1. The second-order valence-corrected chi connectivity index (χ2v) is 5.27.